The minimum absolute atomic E-state index is 0.125. The van der Waals surface area contributed by atoms with Crippen LogP contribution in [0.2, 0.25) is 10.2 Å². The van der Waals surface area contributed by atoms with Crippen LogP contribution in [0, 0.1) is 10.1 Å². The minimum atomic E-state index is -0.611. The summed E-state index contributed by atoms with van der Waals surface area (Å²) in [6.07, 6.45) is 2.42. The average molecular weight is 278 g/mol. The monoisotopic (exact) mass is 277 g/mol. The number of hydrogen-bond acceptors (Lipinski definition) is 4. The third-order valence-corrected chi connectivity index (χ3v) is 2.22. The quantitative estimate of drug-likeness (QED) is 0.523. The summed E-state index contributed by atoms with van der Waals surface area (Å²) in [6.45, 7) is 4.00. The molecule has 0 amide bonds. The van der Waals surface area contributed by atoms with Crippen LogP contribution in [0.1, 0.15) is 19.4 Å². The van der Waals surface area contributed by atoms with Crippen LogP contribution in [0.4, 0.5) is 0 Å². The van der Waals surface area contributed by atoms with Gasteiger partial charge in [0, 0.05) is 12.6 Å². The normalized spacial score (nSPS) is 10.5. The van der Waals surface area contributed by atoms with E-state index in [4.69, 9.17) is 28.9 Å². The summed E-state index contributed by atoms with van der Waals surface area (Å²) < 4.78 is 0. The van der Waals surface area contributed by atoms with Gasteiger partial charge in [0.05, 0.1) is 15.6 Å². The van der Waals surface area contributed by atoms with Crippen LogP contribution in [0.5, 0.6) is 0 Å². The summed E-state index contributed by atoms with van der Waals surface area (Å²) in [7, 11) is 0. The van der Waals surface area contributed by atoms with Crippen molar-refractivity contribution in [1.82, 2.24) is 4.98 Å². The zero-order chi connectivity index (χ0) is 13.4. The van der Waals surface area contributed by atoms with Crippen LogP contribution in [0.25, 0.3) is 0 Å². The van der Waals surface area contributed by atoms with Crippen molar-refractivity contribution in [3.8, 4) is 0 Å². The van der Waals surface area contributed by atoms with E-state index in [1.807, 2.05) is 13.8 Å². The smallest absolute Gasteiger partial charge is 0.253 e. The van der Waals surface area contributed by atoms with E-state index in [2.05, 4.69) is 4.98 Å². The summed E-state index contributed by atoms with van der Waals surface area (Å²) in [4.78, 5) is 13.3. The van der Waals surface area contributed by atoms with Gasteiger partial charge >= 0.3 is 0 Å². The van der Waals surface area contributed by atoms with E-state index in [-0.39, 0.29) is 17.3 Å². The van der Waals surface area contributed by atoms with E-state index in [1.165, 1.54) is 6.20 Å². The summed E-state index contributed by atoms with van der Waals surface area (Å²) >= 11 is 11.3. The van der Waals surface area contributed by atoms with Crippen molar-refractivity contribution >= 4 is 23.2 Å². The topological polar surface area (TPSA) is 82.0 Å². The van der Waals surface area contributed by atoms with Crippen LogP contribution in [0.3, 0.4) is 0 Å². The molecule has 0 spiro atoms. The molecule has 0 radical (unpaired) electrons. The molecule has 0 saturated carbocycles. The molecule has 1 aromatic heterocycles. The van der Waals surface area contributed by atoms with Gasteiger partial charge in [-0.1, -0.05) is 37.0 Å². The van der Waals surface area contributed by atoms with E-state index < -0.39 is 4.92 Å². The van der Waals surface area contributed by atoms with Crippen molar-refractivity contribution in [2.45, 2.75) is 20.3 Å². The fraction of sp³-hybridized carbons (Fsp3) is 0.300. The third kappa shape index (κ3) is 6.09. The number of nitro groups is 1. The second kappa shape index (κ2) is 7.86. The Morgan fingerprint density at radius 3 is 2.65 bits per heavy atom. The molecule has 0 unspecified atom stereocenters. The Balaban J connectivity index is 0.00000121. The number of nitrogens with two attached hydrogens (primary N) is 1. The van der Waals surface area contributed by atoms with E-state index in [0.717, 1.165) is 6.20 Å². The van der Waals surface area contributed by atoms with E-state index in [0.29, 0.717) is 10.6 Å². The molecule has 0 atom stereocenters. The molecule has 17 heavy (non-hydrogen) atoms. The fourth-order valence-corrected chi connectivity index (χ4v) is 1.27. The lowest BCUT2D eigenvalue weighted by Gasteiger charge is -2.00. The van der Waals surface area contributed by atoms with Crippen LogP contribution in [-0.2, 0) is 6.42 Å². The molecule has 94 valence electrons. The van der Waals surface area contributed by atoms with Crippen molar-refractivity contribution in [3.05, 3.63) is 50.0 Å². The summed E-state index contributed by atoms with van der Waals surface area (Å²) in [5.41, 5.74) is 6.20. The lowest BCUT2D eigenvalue weighted by atomic mass is 10.2. The molecule has 1 rings (SSSR count). The number of aromatic nitrogens is 1. The molecule has 0 aliphatic carbocycles. The van der Waals surface area contributed by atoms with Gasteiger partial charge in [-0.25, -0.2) is 4.98 Å². The maximum atomic E-state index is 10.1. The molecule has 2 N–H and O–H groups in total. The zero-order valence-electron chi connectivity index (χ0n) is 9.48. The molecule has 0 aliphatic heterocycles. The molecule has 1 aromatic rings. The highest BCUT2D eigenvalue weighted by molar-refractivity contribution is 6.41. The molecule has 0 aromatic carbocycles. The molecule has 0 bridgehead atoms. The van der Waals surface area contributed by atoms with Crippen LogP contribution >= 0.6 is 23.2 Å². The summed E-state index contributed by atoms with van der Waals surface area (Å²) in [6, 6.07) is 1.57. The molecular formula is C10H13Cl2N3O2. The van der Waals surface area contributed by atoms with Crippen LogP contribution in [-0.4, -0.2) is 9.91 Å². The van der Waals surface area contributed by atoms with Crippen LogP contribution < -0.4 is 5.73 Å². The largest absolute Gasteiger partial charge is 0.397 e. The predicted molar refractivity (Wildman–Crippen MR) is 68.6 cm³/mol. The van der Waals surface area contributed by atoms with Gasteiger partial charge in [0.25, 0.3) is 6.20 Å². The zero-order valence-corrected chi connectivity index (χ0v) is 11.0. The van der Waals surface area contributed by atoms with Crippen molar-refractivity contribution in [1.29, 1.82) is 0 Å². The summed E-state index contributed by atoms with van der Waals surface area (Å²) in [5, 5.41) is 10.6. The van der Waals surface area contributed by atoms with Gasteiger partial charge in [0.2, 0.25) is 0 Å². The molecule has 0 saturated heterocycles. The first-order valence-electron chi connectivity index (χ1n) is 4.88. The number of hydrogen-bond donors (Lipinski definition) is 1. The van der Waals surface area contributed by atoms with Crippen molar-refractivity contribution in [2.24, 2.45) is 5.73 Å². The highest BCUT2D eigenvalue weighted by Gasteiger charge is 2.04. The van der Waals surface area contributed by atoms with Gasteiger partial charge in [-0.3, -0.25) is 10.1 Å². The SMILES string of the molecule is CC.N/C(=C/[N+](=O)[O-])Cc1cnc(Cl)c(Cl)c1. The molecule has 7 heteroatoms. The van der Waals surface area contributed by atoms with Gasteiger partial charge in [-0.2, -0.15) is 0 Å². The minimum Gasteiger partial charge on any atom is -0.397 e. The van der Waals surface area contributed by atoms with Crippen molar-refractivity contribution < 1.29 is 4.92 Å². The van der Waals surface area contributed by atoms with E-state index in [1.54, 1.807) is 6.07 Å². The molecular weight excluding hydrogens is 265 g/mol. The molecule has 5 nitrogen and oxygen atoms in total. The molecule has 0 aliphatic rings. The number of rotatable bonds is 3. The first kappa shape index (κ1) is 15.7. The van der Waals surface area contributed by atoms with Crippen molar-refractivity contribution in [2.75, 3.05) is 0 Å². The average Bonchev–Trinajstić information content (AvgIpc) is 2.25. The van der Waals surface area contributed by atoms with Gasteiger partial charge in [-0.05, 0) is 11.6 Å². The van der Waals surface area contributed by atoms with Gasteiger partial charge < -0.3 is 5.73 Å². The number of allylic oxidation sites excluding steroid dienone is 1. The van der Waals surface area contributed by atoms with Crippen molar-refractivity contribution in [3.63, 3.8) is 0 Å². The Hall–Kier alpha value is -1.33. The van der Waals surface area contributed by atoms with Gasteiger partial charge in [0.15, 0.2) is 0 Å². The Morgan fingerprint density at radius 1 is 1.59 bits per heavy atom. The fourth-order valence-electron chi connectivity index (χ4n) is 0.974. The summed E-state index contributed by atoms with van der Waals surface area (Å²) in [5.74, 6) is 0. The second-order valence-electron chi connectivity index (χ2n) is 2.78. The predicted octanol–water partition coefficient (Wildman–Crippen LogP) is 3.03. The number of nitrogens with zero attached hydrogens (tertiary/aromatic N) is 2. The number of pyridine rings is 1. The first-order chi connectivity index (χ1) is 7.99. The van der Waals surface area contributed by atoms with Crippen LogP contribution in [0.15, 0.2) is 24.2 Å². The third-order valence-electron chi connectivity index (χ3n) is 1.53. The lowest BCUT2D eigenvalue weighted by Crippen LogP contribution is -2.04. The highest BCUT2D eigenvalue weighted by atomic mass is 35.5. The number of halogens is 2. The second-order valence-corrected chi connectivity index (χ2v) is 3.55. The van der Waals surface area contributed by atoms with E-state index >= 15 is 0 Å². The maximum absolute atomic E-state index is 10.1. The highest BCUT2D eigenvalue weighted by Crippen LogP contribution is 2.20. The Morgan fingerprint density at radius 2 is 2.18 bits per heavy atom. The Labute approximate surface area is 109 Å². The van der Waals surface area contributed by atoms with Gasteiger partial charge in [-0.15, -0.1) is 0 Å². The lowest BCUT2D eigenvalue weighted by molar-refractivity contribution is -0.403. The van der Waals surface area contributed by atoms with Gasteiger partial charge in [0.1, 0.15) is 5.15 Å². The molecule has 0 fully saturated rings. The Kier molecular flexibility index (Phi) is 7.25. The standard InChI is InChI=1S/C8H7Cl2N3O2.C2H6/c9-7-2-5(3-12-8(7)10)1-6(11)4-13(14)15;1-2/h2-4H,1,11H2;1-2H3/b6-4+;. The Bertz CT molecular complexity index is 422. The first-order valence-corrected chi connectivity index (χ1v) is 5.64. The molecule has 1 heterocycles. The maximum Gasteiger partial charge on any atom is 0.253 e. The van der Waals surface area contributed by atoms with E-state index in [9.17, 15) is 10.1 Å².